The number of hydrogen-bond donors (Lipinski definition) is 3. The molecule has 2 amide bonds. The largest absolute Gasteiger partial charge is 0.383 e. The number of rotatable bonds is 5. The lowest BCUT2D eigenvalue weighted by atomic mass is 10.1. The van der Waals surface area contributed by atoms with E-state index in [1.165, 1.54) is 0 Å². The van der Waals surface area contributed by atoms with Gasteiger partial charge in [-0.15, -0.1) is 0 Å². The molecule has 0 radical (unpaired) electrons. The maximum absolute atomic E-state index is 11.2. The zero-order chi connectivity index (χ0) is 11.1. The third-order valence-electron chi connectivity index (χ3n) is 2.72. The molecule has 88 valence electrons. The molecule has 5 heteroatoms. The molecule has 0 aromatic rings. The molecule has 0 aromatic carbocycles. The zero-order valence-corrected chi connectivity index (χ0v) is 9.29. The van der Waals surface area contributed by atoms with Crippen LogP contribution >= 0.6 is 0 Å². The molecule has 1 aliphatic rings. The smallest absolute Gasteiger partial charge is 0.314 e. The first-order valence-corrected chi connectivity index (χ1v) is 5.48. The highest BCUT2D eigenvalue weighted by Crippen LogP contribution is 2.22. The molecule has 4 N–H and O–H groups in total. The van der Waals surface area contributed by atoms with E-state index >= 15 is 0 Å². The van der Waals surface area contributed by atoms with Crippen LogP contribution in [0.1, 0.15) is 19.3 Å². The van der Waals surface area contributed by atoms with Gasteiger partial charge in [0.05, 0.1) is 6.61 Å². The van der Waals surface area contributed by atoms with Crippen molar-refractivity contribution in [3.8, 4) is 0 Å². The van der Waals surface area contributed by atoms with Crippen molar-refractivity contribution in [2.24, 2.45) is 11.7 Å². The van der Waals surface area contributed by atoms with Gasteiger partial charge in [-0.1, -0.05) is 0 Å². The van der Waals surface area contributed by atoms with Gasteiger partial charge in [0, 0.05) is 26.2 Å². The van der Waals surface area contributed by atoms with Crippen LogP contribution in [0.5, 0.6) is 0 Å². The monoisotopic (exact) mass is 215 g/mol. The van der Waals surface area contributed by atoms with Crippen molar-refractivity contribution in [1.82, 2.24) is 10.6 Å². The number of nitrogens with one attached hydrogen (secondary N) is 2. The first kappa shape index (κ1) is 12.3. The second-order valence-electron chi connectivity index (χ2n) is 4.07. The van der Waals surface area contributed by atoms with Gasteiger partial charge in [-0.25, -0.2) is 4.79 Å². The first-order chi connectivity index (χ1) is 7.22. The van der Waals surface area contributed by atoms with Crippen molar-refractivity contribution < 1.29 is 9.53 Å². The summed E-state index contributed by atoms with van der Waals surface area (Å²) in [6.07, 6.45) is 3.23. The van der Waals surface area contributed by atoms with E-state index in [4.69, 9.17) is 10.5 Å². The van der Waals surface area contributed by atoms with E-state index in [9.17, 15) is 4.79 Å². The van der Waals surface area contributed by atoms with Crippen molar-refractivity contribution in [1.29, 1.82) is 0 Å². The van der Waals surface area contributed by atoms with E-state index in [1.807, 2.05) is 0 Å². The van der Waals surface area contributed by atoms with Gasteiger partial charge in [0.1, 0.15) is 0 Å². The van der Waals surface area contributed by atoms with E-state index in [2.05, 4.69) is 10.6 Å². The Hall–Kier alpha value is -0.810. The number of urea groups is 1. The number of methoxy groups -OCH3 is 1. The van der Waals surface area contributed by atoms with Crippen LogP contribution in [0.25, 0.3) is 0 Å². The molecule has 5 nitrogen and oxygen atoms in total. The van der Waals surface area contributed by atoms with E-state index < -0.39 is 0 Å². The zero-order valence-electron chi connectivity index (χ0n) is 9.29. The normalized spacial score (nSPS) is 25.2. The van der Waals surface area contributed by atoms with E-state index in [0.717, 1.165) is 25.8 Å². The van der Waals surface area contributed by atoms with Gasteiger partial charge in [0.15, 0.2) is 0 Å². The second kappa shape index (κ2) is 6.63. The third kappa shape index (κ3) is 4.99. The summed E-state index contributed by atoms with van der Waals surface area (Å²) >= 11 is 0. The Balaban J connectivity index is 2.01. The molecule has 2 atom stereocenters. The molecule has 1 aliphatic carbocycles. The van der Waals surface area contributed by atoms with Crippen LogP contribution < -0.4 is 16.4 Å². The molecule has 1 saturated carbocycles. The number of nitrogens with two attached hydrogens (primary N) is 1. The molecular formula is C10H21N3O2. The Labute approximate surface area is 90.7 Å². The van der Waals surface area contributed by atoms with Gasteiger partial charge in [-0.05, 0) is 25.2 Å². The summed E-state index contributed by atoms with van der Waals surface area (Å²) in [4.78, 5) is 11.2. The van der Waals surface area contributed by atoms with E-state index in [-0.39, 0.29) is 6.03 Å². The minimum atomic E-state index is -0.118. The Kier molecular flexibility index (Phi) is 5.42. The Morgan fingerprint density at radius 1 is 1.47 bits per heavy atom. The van der Waals surface area contributed by atoms with Crippen LogP contribution in [0, 0.1) is 5.92 Å². The first-order valence-electron chi connectivity index (χ1n) is 5.48. The molecule has 1 rings (SSSR count). The summed E-state index contributed by atoms with van der Waals surface area (Å²) in [6, 6.07) is 0.209. The molecule has 15 heavy (non-hydrogen) atoms. The predicted molar refractivity (Wildman–Crippen MR) is 58.6 cm³/mol. The Morgan fingerprint density at radius 2 is 2.27 bits per heavy atom. The maximum atomic E-state index is 11.2. The van der Waals surface area contributed by atoms with E-state index in [0.29, 0.717) is 25.1 Å². The summed E-state index contributed by atoms with van der Waals surface area (Å²) in [5.74, 6) is 0.549. The summed E-state index contributed by atoms with van der Waals surface area (Å²) < 4.78 is 4.83. The van der Waals surface area contributed by atoms with Crippen molar-refractivity contribution in [3.05, 3.63) is 0 Å². The summed E-state index contributed by atoms with van der Waals surface area (Å²) in [5, 5.41) is 5.56. The number of amides is 2. The van der Waals surface area contributed by atoms with Gasteiger partial charge in [-0.2, -0.15) is 0 Å². The fraction of sp³-hybridized carbons (Fsp3) is 0.900. The van der Waals surface area contributed by atoms with Gasteiger partial charge in [0.2, 0.25) is 0 Å². The van der Waals surface area contributed by atoms with Crippen molar-refractivity contribution in [2.75, 3.05) is 26.8 Å². The average Bonchev–Trinajstić information content (AvgIpc) is 2.62. The highest BCUT2D eigenvalue weighted by Gasteiger charge is 2.21. The fourth-order valence-electron chi connectivity index (χ4n) is 1.87. The lowest BCUT2D eigenvalue weighted by Gasteiger charge is -2.11. The van der Waals surface area contributed by atoms with Crippen molar-refractivity contribution in [3.63, 3.8) is 0 Å². The van der Waals surface area contributed by atoms with Gasteiger partial charge < -0.3 is 21.1 Å². The molecular weight excluding hydrogens is 194 g/mol. The topological polar surface area (TPSA) is 76.4 Å². The second-order valence-corrected chi connectivity index (χ2v) is 4.07. The molecule has 0 unspecified atom stereocenters. The third-order valence-corrected chi connectivity index (χ3v) is 2.72. The minimum Gasteiger partial charge on any atom is -0.383 e. The summed E-state index contributed by atoms with van der Waals surface area (Å²) in [6.45, 7) is 1.82. The fourth-order valence-corrected chi connectivity index (χ4v) is 1.87. The standard InChI is InChI=1S/C10H21N3O2/c1-15-5-4-12-10(14)13-7-8-2-3-9(11)6-8/h8-9H,2-7,11H2,1H3,(H2,12,13,14)/t8-,9+/m1/s1. The van der Waals surface area contributed by atoms with Gasteiger partial charge in [-0.3, -0.25) is 0 Å². The molecule has 0 aliphatic heterocycles. The van der Waals surface area contributed by atoms with E-state index in [1.54, 1.807) is 7.11 Å². The number of carbonyl (C=O) groups excluding carboxylic acids is 1. The molecule has 0 spiro atoms. The molecule has 0 saturated heterocycles. The van der Waals surface area contributed by atoms with Crippen LogP contribution in [0.4, 0.5) is 4.79 Å². The highest BCUT2D eigenvalue weighted by atomic mass is 16.5. The quantitative estimate of drug-likeness (QED) is 0.568. The SMILES string of the molecule is COCCNC(=O)NC[C@@H]1CC[C@H](N)C1. The van der Waals surface area contributed by atoms with Gasteiger partial charge in [0.25, 0.3) is 0 Å². The van der Waals surface area contributed by atoms with Crippen LogP contribution in [0.2, 0.25) is 0 Å². The summed E-state index contributed by atoms with van der Waals surface area (Å²) in [7, 11) is 1.61. The van der Waals surface area contributed by atoms with Crippen LogP contribution in [0.15, 0.2) is 0 Å². The van der Waals surface area contributed by atoms with Gasteiger partial charge >= 0.3 is 6.03 Å². The lowest BCUT2D eigenvalue weighted by Crippen LogP contribution is -2.39. The molecule has 0 aromatic heterocycles. The Morgan fingerprint density at radius 3 is 2.87 bits per heavy atom. The average molecular weight is 215 g/mol. The summed E-state index contributed by atoms with van der Waals surface area (Å²) in [5.41, 5.74) is 5.78. The number of carbonyl (C=O) groups is 1. The Bertz CT molecular complexity index is 199. The van der Waals surface area contributed by atoms with Crippen LogP contribution in [-0.2, 0) is 4.74 Å². The lowest BCUT2D eigenvalue weighted by molar-refractivity contribution is 0.195. The molecule has 0 heterocycles. The van der Waals surface area contributed by atoms with Crippen LogP contribution in [-0.4, -0.2) is 38.9 Å². The van der Waals surface area contributed by atoms with Crippen molar-refractivity contribution >= 4 is 6.03 Å². The van der Waals surface area contributed by atoms with Crippen molar-refractivity contribution in [2.45, 2.75) is 25.3 Å². The highest BCUT2D eigenvalue weighted by molar-refractivity contribution is 5.73. The number of ether oxygens (including phenoxy) is 1. The molecule has 0 bridgehead atoms. The van der Waals surface area contributed by atoms with Crippen LogP contribution in [0.3, 0.4) is 0 Å². The predicted octanol–water partition coefficient (Wildman–Crippen LogP) is 0.0594. The molecule has 1 fully saturated rings. The maximum Gasteiger partial charge on any atom is 0.314 e. The minimum absolute atomic E-state index is 0.118. The number of hydrogen-bond acceptors (Lipinski definition) is 3.